The normalized spacial score (nSPS) is 24.8. The molecule has 1 unspecified atom stereocenters. The molecule has 1 fully saturated rings. The summed E-state index contributed by atoms with van der Waals surface area (Å²) >= 11 is 0. The third-order valence-electron chi connectivity index (χ3n) is 4.21. The van der Waals surface area contributed by atoms with Gasteiger partial charge in [0.15, 0.2) is 0 Å². The van der Waals surface area contributed by atoms with Gasteiger partial charge in [-0.05, 0) is 30.6 Å². The van der Waals surface area contributed by atoms with Crippen LogP contribution in [0, 0.1) is 11.3 Å². The Balaban J connectivity index is 2.00. The Morgan fingerprint density at radius 3 is 2.58 bits per heavy atom. The van der Waals surface area contributed by atoms with Crippen molar-refractivity contribution in [1.82, 2.24) is 4.31 Å². The third kappa shape index (κ3) is 3.17. The minimum Gasteiger partial charge on any atom is -0.480 e. The van der Waals surface area contributed by atoms with Crippen molar-refractivity contribution in [2.45, 2.75) is 39.2 Å². The van der Waals surface area contributed by atoms with E-state index in [0.717, 1.165) is 4.31 Å². The van der Waals surface area contributed by atoms with Crippen LogP contribution in [0.5, 0.6) is 0 Å². The zero-order valence-electron chi connectivity index (χ0n) is 11.4. The van der Waals surface area contributed by atoms with Crippen LogP contribution >= 0.6 is 0 Å². The van der Waals surface area contributed by atoms with Crippen molar-refractivity contribution >= 4 is 16.0 Å². The van der Waals surface area contributed by atoms with Gasteiger partial charge < -0.3 is 5.11 Å². The Bertz CT molecular complexity index is 491. The molecule has 1 N–H and O–H groups in total. The van der Waals surface area contributed by atoms with Crippen LogP contribution in [-0.2, 0) is 14.8 Å². The number of carbonyl (C=O) groups is 1. The van der Waals surface area contributed by atoms with Gasteiger partial charge in [-0.15, -0.1) is 0 Å². The fourth-order valence-corrected chi connectivity index (χ4v) is 4.41. The SMILES string of the molecule is CC(C)(CCS(=O)(=O)N1CC=CC1C(=O)O)C1CC1. The van der Waals surface area contributed by atoms with Gasteiger partial charge in [0.2, 0.25) is 10.0 Å². The molecule has 1 aliphatic heterocycles. The highest BCUT2D eigenvalue weighted by molar-refractivity contribution is 7.89. The number of nitrogens with zero attached hydrogens (tertiary/aromatic N) is 1. The summed E-state index contributed by atoms with van der Waals surface area (Å²) in [5.74, 6) is -0.462. The Morgan fingerprint density at radius 1 is 1.42 bits per heavy atom. The van der Waals surface area contributed by atoms with Crippen molar-refractivity contribution < 1.29 is 18.3 Å². The van der Waals surface area contributed by atoms with E-state index in [1.54, 1.807) is 6.08 Å². The van der Waals surface area contributed by atoms with E-state index in [0.29, 0.717) is 12.3 Å². The first-order chi connectivity index (χ1) is 8.74. The van der Waals surface area contributed by atoms with Crippen LogP contribution in [-0.4, -0.2) is 42.1 Å². The van der Waals surface area contributed by atoms with Crippen LogP contribution in [0.3, 0.4) is 0 Å². The first kappa shape index (κ1) is 14.5. The monoisotopic (exact) mass is 287 g/mol. The average Bonchev–Trinajstić information content (AvgIpc) is 3.04. The number of aliphatic carboxylic acids is 1. The lowest BCUT2D eigenvalue weighted by Crippen LogP contribution is -2.42. The summed E-state index contributed by atoms with van der Waals surface area (Å²) in [5.41, 5.74) is 0.0267. The quantitative estimate of drug-likeness (QED) is 0.751. The lowest BCUT2D eigenvalue weighted by atomic mass is 9.85. The van der Waals surface area contributed by atoms with Crippen molar-refractivity contribution in [3.63, 3.8) is 0 Å². The van der Waals surface area contributed by atoms with Gasteiger partial charge in [0.25, 0.3) is 0 Å². The van der Waals surface area contributed by atoms with E-state index in [9.17, 15) is 13.2 Å². The molecule has 5 nitrogen and oxygen atoms in total. The van der Waals surface area contributed by atoms with Crippen LogP contribution < -0.4 is 0 Å². The van der Waals surface area contributed by atoms with Crippen LogP contribution in [0.15, 0.2) is 12.2 Å². The lowest BCUT2D eigenvalue weighted by molar-refractivity contribution is -0.139. The topological polar surface area (TPSA) is 74.7 Å². The number of hydrogen-bond donors (Lipinski definition) is 1. The number of carboxylic acids is 1. The highest BCUT2D eigenvalue weighted by atomic mass is 32.2. The molecule has 2 rings (SSSR count). The summed E-state index contributed by atoms with van der Waals surface area (Å²) in [5, 5.41) is 9.02. The highest BCUT2D eigenvalue weighted by Crippen LogP contribution is 2.47. The van der Waals surface area contributed by atoms with Crippen molar-refractivity contribution in [3.05, 3.63) is 12.2 Å². The van der Waals surface area contributed by atoms with E-state index >= 15 is 0 Å². The highest BCUT2D eigenvalue weighted by Gasteiger charge is 2.40. The summed E-state index contributed by atoms with van der Waals surface area (Å²) in [6.07, 6.45) is 5.98. The van der Waals surface area contributed by atoms with E-state index in [4.69, 9.17) is 5.11 Å². The van der Waals surface area contributed by atoms with E-state index < -0.39 is 22.0 Å². The van der Waals surface area contributed by atoms with Crippen LogP contribution in [0.4, 0.5) is 0 Å². The van der Waals surface area contributed by atoms with E-state index in [-0.39, 0.29) is 17.7 Å². The van der Waals surface area contributed by atoms with Gasteiger partial charge in [0.05, 0.1) is 5.75 Å². The molecule has 0 aromatic heterocycles. The Kier molecular flexibility index (Phi) is 3.75. The minimum absolute atomic E-state index is 0.0267. The first-order valence-electron chi connectivity index (χ1n) is 6.63. The fourth-order valence-electron chi connectivity index (χ4n) is 2.57. The minimum atomic E-state index is -3.50. The second-order valence-electron chi connectivity index (χ2n) is 6.11. The van der Waals surface area contributed by atoms with Gasteiger partial charge in [0.1, 0.15) is 6.04 Å². The molecule has 0 spiro atoms. The molecule has 6 heteroatoms. The molecular formula is C13H21NO4S. The molecule has 0 amide bonds. The Hall–Kier alpha value is -0.880. The smallest absolute Gasteiger partial charge is 0.325 e. The molecular weight excluding hydrogens is 266 g/mol. The molecule has 1 atom stereocenters. The van der Waals surface area contributed by atoms with Crippen LogP contribution in [0.1, 0.15) is 33.1 Å². The number of carboxylic acid groups (broad SMARTS) is 1. The predicted molar refractivity (Wildman–Crippen MR) is 72.2 cm³/mol. The predicted octanol–water partition coefficient (Wildman–Crippen LogP) is 1.47. The van der Waals surface area contributed by atoms with Crippen molar-refractivity contribution in [2.75, 3.05) is 12.3 Å². The van der Waals surface area contributed by atoms with Gasteiger partial charge in [-0.25, -0.2) is 8.42 Å². The Labute approximate surface area is 114 Å². The summed E-state index contributed by atoms with van der Waals surface area (Å²) in [4.78, 5) is 11.0. The fraction of sp³-hybridized carbons (Fsp3) is 0.769. The molecule has 19 heavy (non-hydrogen) atoms. The van der Waals surface area contributed by atoms with Crippen molar-refractivity contribution in [2.24, 2.45) is 11.3 Å². The molecule has 2 aliphatic rings. The van der Waals surface area contributed by atoms with Gasteiger partial charge in [-0.3, -0.25) is 4.79 Å². The lowest BCUT2D eigenvalue weighted by Gasteiger charge is -2.27. The molecule has 108 valence electrons. The average molecular weight is 287 g/mol. The molecule has 0 aromatic carbocycles. The van der Waals surface area contributed by atoms with E-state index in [1.165, 1.54) is 18.9 Å². The van der Waals surface area contributed by atoms with Crippen molar-refractivity contribution in [3.8, 4) is 0 Å². The second kappa shape index (κ2) is 4.90. The molecule has 0 aromatic rings. The third-order valence-corrected chi connectivity index (χ3v) is 6.02. The van der Waals surface area contributed by atoms with Gasteiger partial charge in [-0.1, -0.05) is 26.0 Å². The molecule has 0 bridgehead atoms. The zero-order chi connectivity index (χ0) is 14.3. The largest absolute Gasteiger partial charge is 0.480 e. The number of sulfonamides is 1. The first-order valence-corrected chi connectivity index (χ1v) is 8.24. The number of hydrogen-bond acceptors (Lipinski definition) is 3. The summed E-state index contributed by atoms with van der Waals surface area (Å²) in [7, 11) is -3.50. The molecule has 1 saturated carbocycles. The molecule has 1 heterocycles. The standard InChI is InChI=1S/C13H21NO4S/c1-13(2,10-5-6-10)7-9-19(17,18)14-8-3-4-11(14)12(15)16/h3-4,10-11H,5-9H2,1-2H3,(H,15,16). The molecule has 1 aliphatic carbocycles. The number of rotatable bonds is 6. The van der Waals surface area contributed by atoms with E-state index in [1.807, 2.05) is 0 Å². The second-order valence-corrected chi connectivity index (χ2v) is 8.15. The molecule has 0 radical (unpaired) electrons. The maximum absolute atomic E-state index is 12.3. The maximum atomic E-state index is 12.3. The molecule has 0 saturated heterocycles. The summed E-state index contributed by atoms with van der Waals surface area (Å²) in [6.45, 7) is 4.36. The van der Waals surface area contributed by atoms with Gasteiger partial charge >= 0.3 is 5.97 Å². The van der Waals surface area contributed by atoms with Crippen LogP contribution in [0.2, 0.25) is 0 Å². The Morgan fingerprint density at radius 2 is 2.05 bits per heavy atom. The van der Waals surface area contributed by atoms with E-state index in [2.05, 4.69) is 13.8 Å². The summed E-state index contributed by atoms with van der Waals surface area (Å²) in [6, 6.07) is -1.03. The summed E-state index contributed by atoms with van der Waals surface area (Å²) < 4.78 is 25.6. The van der Waals surface area contributed by atoms with Gasteiger partial charge in [0, 0.05) is 6.54 Å². The van der Waals surface area contributed by atoms with Crippen molar-refractivity contribution in [1.29, 1.82) is 0 Å². The van der Waals surface area contributed by atoms with Crippen LogP contribution in [0.25, 0.3) is 0 Å². The maximum Gasteiger partial charge on any atom is 0.325 e. The zero-order valence-corrected chi connectivity index (χ0v) is 12.2. The van der Waals surface area contributed by atoms with Gasteiger partial charge in [-0.2, -0.15) is 4.31 Å².